The highest BCUT2D eigenvalue weighted by molar-refractivity contribution is 5.95. The number of rotatable bonds is 5. The van der Waals surface area contributed by atoms with Gasteiger partial charge < -0.3 is 4.98 Å². The lowest BCUT2D eigenvalue weighted by atomic mass is 10.1. The second-order valence-corrected chi connectivity index (χ2v) is 9.41. The lowest BCUT2D eigenvalue weighted by Gasteiger charge is -2.14. The number of H-pyrrole nitrogens is 2. The van der Waals surface area contributed by atoms with Crippen LogP contribution in [0.2, 0.25) is 0 Å². The number of likely N-dealkylation sites (tertiary alicyclic amines) is 1. The highest BCUT2D eigenvalue weighted by Crippen LogP contribution is 2.31. The Morgan fingerprint density at radius 1 is 0.838 bits per heavy atom. The van der Waals surface area contributed by atoms with Crippen LogP contribution in [0.1, 0.15) is 18.4 Å². The Morgan fingerprint density at radius 2 is 1.73 bits per heavy atom. The largest absolute Gasteiger partial charge is 0.335 e. The van der Waals surface area contributed by atoms with Gasteiger partial charge in [-0.15, -0.1) is 0 Å². The average molecular weight is 491 g/mol. The van der Waals surface area contributed by atoms with Crippen LogP contribution in [0.15, 0.2) is 67.3 Å². The minimum Gasteiger partial charge on any atom is -0.335 e. The number of benzene rings is 1. The van der Waals surface area contributed by atoms with Crippen molar-refractivity contribution in [2.24, 2.45) is 0 Å². The van der Waals surface area contributed by atoms with Crippen LogP contribution in [0, 0.1) is 5.82 Å². The summed E-state index contributed by atoms with van der Waals surface area (Å²) < 4.78 is 13.9. The van der Waals surface area contributed by atoms with Crippen LogP contribution in [-0.2, 0) is 6.54 Å². The third kappa shape index (κ3) is 4.03. The molecule has 0 amide bonds. The molecule has 0 bridgehead atoms. The summed E-state index contributed by atoms with van der Waals surface area (Å²) in [6, 6.07) is 12.5. The van der Waals surface area contributed by atoms with E-state index in [9.17, 15) is 4.39 Å². The molecule has 7 rings (SSSR count). The summed E-state index contributed by atoms with van der Waals surface area (Å²) in [4.78, 5) is 24.4. The Hall–Kier alpha value is -4.50. The molecule has 1 saturated heterocycles. The number of fused-ring (bicyclic) bond motifs is 2. The van der Waals surface area contributed by atoms with E-state index in [-0.39, 0.29) is 5.82 Å². The summed E-state index contributed by atoms with van der Waals surface area (Å²) in [7, 11) is 0. The van der Waals surface area contributed by atoms with Gasteiger partial charge in [-0.1, -0.05) is 12.1 Å². The maximum atomic E-state index is 13.9. The Kier molecular flexibility index (Phi) is 5.21. The van der Waals surface area contributed by atoms with Gasteiger partial charge in [0, 0.05) is 36.3 Å². The maximum absolute atomic E-state index is 13.9. The van der Waals surface area contributed by atoms with E-state index in [1.165, 1.54) is 30.5 Å². The molecule has 5 aromatic heterocycles. The van der Waals surface area contributed by atoms with Crippen molar-refractivity contribution in [2.75, 3.05) is 13.1 Å². The highest BCUT2D eigenvalue weighted by atomic mass is 19.1. The van der Waals surface area contributed by atoms with Crippen LogP contribution in [0.3, 0.4) is 0 Å². The van der Waals surface area contributed by atoms with Gasteiger partial charge in [-0.3, -0.25) is 20.0 Å². The summed E-state index contributed by atoms with van der Waals surface area (Å²) in [6.45, 7) is 3.18. The van der Waals surface area contributed by atoms with Crippen molar-refractivity contribution in [3.8, 4) is 33.9 Å². The summed E-state index contributed by atoms with van der Waals surface area (Å²) >= 11 is 0. The molecule has 37 heavy (non-hydrogen) atoms. The summed E-state index contributed by atoms with van der Waals surface area (Å²) in [5.74, 6) is 0.261. The van der Waals surface area contributed by atoms with Gasteiger partial charge in [0.1, 0.15) is 11.3 Å². The first-order valence-corrected chi connectivity index (χ1v) is 12.3. The lowest BCUT2D eigenvalue weighted by Crippen LogP contribution is -2.18. The zero-order valence-electron chi connectivity index (χ0n) is 19.9. The molecule has 6 heterocycles. The molecule has 182 valence electrons. The Labute approximate surface area is 211 Å². The molecule has 0 spiro atoms. The fourth-order valence-corrected chi connectivity index (χ4v) is 5.05. The normalized spacial score (nSPS) is 14.2. The molecule has 2 N–H and O–H groups in total. The molecule has 0 unspecified atom stereocenters. The molecule has 0 atom stereocenters. The number of nitrogens with one attached hydrogen (secondary N) is 2. The Balaban J connectivity index is 1.28. The third-order valence-electron chi connectivity index (χ3n) is 6.86. The van der Waals surface area contributed by atoms with Crippen LogP contribution >= 0.6 is 0 Å². The van der Waals surface area contributed by atoms with Gasteiger partial charge >= 0.3 is 0 Å². The van der Waals surface area contributed by atoms with Crippen LogP contribution in [0.25, 0.3) is 56.0 Å². The number of hydrogen-bond acceptors (Lipinski definition) is 6. The van der Waals surface area contributed by atoms with Gasteiger partial charge in [-0.05, 0) is 67.4 Å². The van der Waals surface area contributed by atoms with E-state index >= 15 is 0 Å². The number of hydrogen-bond donors (Lipinski definition) is 2. The summed E-state index contributed by atoms with van der Waals surface area (Å²) in [5.41, 5.74) is 7.99. The number of pyridine rings is 3. The Bertz CT molecular complexity index is 1750. The van der Waals surface area contributed by atoms with E-state index in [1.54, 1.807) is 18.5 Å². The second-order valence-electron chi connectivity index (χ2n) is 9.41. The van der Waals surface area contributed by atoms with Gasteiger partial charge in [0.2, 0.25) is 0 Å². The molecule has 0 radical (unpaired) electrons. The molecular formula is C28H23FN8. The number of imidazole rings is 1. The molecule has 9 heteroatoms. The zero-order chi connectivity index (χ0) is 24.8. The van der Waals surface area contributed by atoms with E-state index < -0.39 is 0 Å². The SMILES string of the molecule is Fc1cccc(-c2cncc3[nH]c(-c4n[nH]c5ccc(-c6cncc(CN7CCCC7)c6)nc45)nc23)c1. The molecule has 1 aliphatic heterocycles. The molecule has 0 saturated carbocycles. The van der Waals surface area contributed by atoms with Gasteiger partial charge in [-0.25, -0.2) is 14.4 Å². The van der Waals surface area contributed by atoms with Crippen molar-refractivity contribution in [3.63, 3.8) is 0 Å². The number of aromatic amines is 2. The first-order valence-electron chi connectivity index (χ1n) is 12.3. The fraction of sp³-hybridized carbons (Fsp3) is 0.179. The van der Waals surface area contributed by atoms with Crippen molar-refractivity contribution < 1.29 is 4.39 Å². The van der Waals surface area contributed by atoms with E-state index in [2.05, 4.69) is 36.1 Å². The van der Waals surface area contributed by atoms with Gasteiger partial charge in [0.15, 0.2) is 11.5 Å². The molecule has 1 aromatic carbocycles. The molecule has 1 fully saturated rings. The second kappa shape index (κ2) is 8.86. The fourth-order valence-electron chi connectivity index (χ4n) is 5.05. The first kappa shape index (κ1) is 21.8. The summed E-state index contributed by atoms with van der Waals surface area (Å²) in [6.07, 6.45) is 9.71. The van der Waals surface area contributed by atoms with E-state index in [0.717, 1.165) is 47.5 Å². The van der Waals surface area contributed by atoms with Gasteiger partial charge in [0.05, 0.1) is 28.4 Å². The minimum atomic E-state index is -0.306. The van der Waals surface area contributed by atoms with Crippen molar-refractivity contribution >= 4 is 22.1 Å². The van der Waals surface area contributed by atoms with Crippen molar-refractivity contribution in [1.29, 1.82) is 0 Å². The smallest absolute Gasteiger partial charge is 0.161 e. The molecular weight excluding hydrogens is 467 g/mol. The van der Waals surface area contributed by atoms with E-state index in [1.807, 2.05) is 30.6 Å². The summed E-state index contributed by atoms with van der Waals surface area (Å²) in [5, 5.41) is 7.58. The quantitative estimate of drug-likeness (QED) is 0.338. The van der Waals surface area contributed by atoms with Crippen molar-refractivity contribution in [1.82, 2.24) is 40.0 Å². The molecule has 1 aliphatic rings. The topological polar surface area (TPSA) is 99.3 Å². The van der Waals surface area contributed by atoms with Crippen molar-refractivity contribution in [2.45, 2.75) is 19.4 Å². The predicted molar refractivity (Wildman–Crippen MR) is 140 cm³/mol. The predicted octanol–water partition coefficient (Wildman–Crippen LogP) is 5.36. The number of nitrogens with zero attached hydrogens (tertiary/aromatic N) is 6. The standard InChI is InChI=1S/C28H23FN8/c29-20-5-3-4-18(11-20)21-14-31-15-24-25(21)34-28(33-24)27-26-23(35-36-27)7-6-22(32-26)19-10-17(12-30-13-19)16-37-8-1-2-9-37/h3-7,10-15H,1-2,8-9,16H2,(H,33,34)(H,35,36). The maximum Gasteiger partial charge on any atom is 0.161 e. The molecule has 6 aromatic rings. The van der Waals surface area contributed by atoms with E-state index in [0.29, 0.717) is 28.1 Å². The van der Waals surface area contributed by atoms with Gasteiger partial charge in [0.25, 0.3) is 0 Å². The average Bonchev–Trinajstić information content (AvgIpc) is 3.67. The first-order chi connectivity index (χ1) is 18.2. The Morgan fingerprint density at radius 3 is 2.62 bits per heavy atom. The minimum absolute atomic E-state index is 0.306. The van der Waals surface area contributed by atoms with E-state index in [4.69, 9.17) is 9.97 Å². The highest BCUT2D eigenvalue weighted by Gasteiger charge is 2.18. The van der Waals surface area contributed by atoms with Crippen LogP contribution < -0.4 is 0 Å². The molecule has 8 nitrogen and oxygen atoms in total. The van der Waals surface area contributed by atoms with Crippen LogP contribution in [0.5, 0.6) is 0 Å². The van der Waals surface area contributed by atoms with Crippen molar-refractivity contribution in [3.05, 3.63) is 78.6 Å². The van der Waals surface area contributed by atoms with Crippen LogP contribution in [-0.4, -0.2) is 53.1 Å². The van der Waals surface area contributed by atoms with Gasteiger partial charge in [-0.2, -0.15) is 5.10 Å². The monoisotopic (exact) mass is 490 g/mol. The third-order valence-corrected chi connectivity index (χ3v) is 6.86. The molecule has 0 aliphatic carbocycles. The number of aromatic nitrogens is 7. The zero-order valence-corrected chi connectivity index (χ0v) is 19.9. The number of halogens is 1. The van der Waals surface area contributed by atoms with Crippen LogP contribution in [0.4, 0.5) is 4.39 Å². The lowest BCUT2D eigenvalue weighted by molar-refractivity contribution is 0.331.